The third-order valence-corrected chi connectivity index (χ3v) is 2.68. The number of hydrogen-bond acceptors (Lipinski definition) is 3. The third kappa shape index (κ3) is 3.11. The number of anilines is 1. The lowest BCUT2D eigenvalue weighted by Gasteiger charge is -2.28. The molecule has 0 bridgehead atoms. The van der Waals surface area contributed by atoms with Gasteiger partial charge in [0.05, 0.1) is 22.8 Å². The second-order valence-electron chi connectivity index (χ2n) is 3.93. The first-order valence-electron chi connectivity index (χ1n) is 5.21. The zero-order valence-electron chi connectivity index (χ0n) is 9.77. The molecule has 0 aliphatic heterocycles. The van der Waals surface area contributed by atoms with Crippen LogP contribution in [0.4, 0.5) is 5.69 Å². The molecule has 90 valence electrons. The van der Waals surface area contributed by atoms with Gasteiger partial charge in [-0.3, -0.25) is 4.79 Å². The van der Waals surface area contributed by atoms with Gasteiger partial charge in [0.1, 0.15) is 6.07 Å². The van der Waals surface area contributed by atoms with Crippen LogP contribution in [-0.2, 0) is 4.79 Å². The second-order valence-corrected chi connectivity index (χ2v) is 4.34. The summed E-state index contributed by atoms with van der Waals surface area (Å²) < 4.78 is 0. The summed E-state index contributed by atoms with van der Waals surface area (Å²) in [6.45, 7) is 3.91. The molecule has 1 rings (SSSR count). The first kappa shape index (κ1) is 13.3. The van der Waals surface area contributed by atoms with Gasteiger partial charge >= 0.3 is 0 Å². The molecular formula is C12H14ClN3O. The van der Waals surface area contributed by atoms with Gasteiger partial charge in [0.15, 0.2) is 0 Å². The summed E-state index contributed by atoms with van der Waals surface area (Å²) >= 11 is 5.95. The van der Waals surface area contributed by atoms with E-state index in [1.165, 1.54) is 0 Å². The minimum Gasteiger partial charge on any atom is -0.368 e. The van der Waals surface area contributed by atoms with Crippen LogP contribution in [0.2, 0.25) is 5.02 Å². The van der Waals surface area contributed by atoms with E-state index < -0.39 is 5.91 Å². The van der Waals surface area contributed by atoms with E-state index in [4.69, 9.17) is 22.6 Å². The fourth-order valence-corrected chi connectivity index (χ4v) is 1.79. The van der Waals surface area contributed by atoms with E-state index in [9.17, 15) is 4.79 Å². The molecule has 0 atom stereocenters. The molecule has 0 aliphatic rings. The fourth-order valence-electron chi connectivity index (χ4n) is 1.58. The predicted octanol–water partition coefficient (Wildman–Crippen LogP) is 1.91. The van der Waals surface area contributed by atoms with Crippen LogP contribution in [0.5, 0.6) is 0 Å². The van der Waals surface area contributed by atoms with Crippen LogP contribution < -0.4 is 10.6 Å². The number of hydrogen-bond donors (Lipinski definition) is 1. The maximum absolute atomic E-state index is 11.0. The first-order valence-corrected chi connectivity index (χ1v) is 5.58. The Morgan fingerprint density at radius 3 is 2.71 bits per heavy atom. The van der Waals surface area contributed by atoms with Crippen LogP contribution in [0.25, 0.3) is 0 Å². The SMILES string of the molecule is CC(C)N(CC(N)=O)c1cccc(Cl)c1C#N. The summed E-state index contributed by atoms with van der Waals surface area (Å²) in [4.78, 5) is 12.8. The molecule has 0 radical (unpaired) electrons. The predicted molar refractivity (Wildman–Crippen MR) is 67.8 cm³/mol. The van der Waals surface area contributed by atoms with Crippen molar-refractivity contribution in [3.63, 3.8) is 0 Å². The van der Waals surface area contributed by atoms with Crippen LogP contribution in [0, 0.1) is 11.3 Å². The molecule has 0 aliphatic carbocycles. The molecule has 0 spiro atoms. The lowest BCUT2D eigenvalue weighted by Crippen LogP contribution is -2.39. The van der Waals surface area contributed by atoms with E-state index in [-0.39, 0.29) is 12.6 Å². The van der Waals surface area contributed by atoms with Gasteiger partial charge in [-0.15, -0.1) is 0 Å². The van der Waals surface area contributed by atoms with Gasteiger partial charge in [0.25, 0.3) is 0 Å². The van der Waals surface area contributed by atoms with Gasteiger partial charge in [-0.05, 0) is 26.0 Å². The average molecular weight is 252 g/mol. The maximum atomic E-state index is 11.0. The Morgan fingerprint density at radius 1 is 1.59 bits per heavy atom. The number of amides is 1. The Labute approximate surface area is 106 Å². The van der Waals surface area contributed by atoms with E-state index in [2.05, 4.69) is 0 Å². The molecule has 1 aromatic carbocycles. The molecule has 5 heteroatoms. The minimum absolute atomic E-state index is 0.0491. The summed E-state index contributed by atoms with van der Waals surface area (Å²) in [6.07, 6.45) is 0. The van der Waals surface area contributed by atoms with Crippen molar-refractivity contribution in [3.8, 4) is 6.07 Å². The summed E-state index contributed by atoms with van der Waals surface area (Å²) in [5.74, 6) is -0.442. The minimum atomic E-state index is -0.442. The number of halogens is 1. The van der Waals surface area contributed by atoms with Gasteiger partial charge in [-0.1, -0.05) is 17.7 Å². The van der Waals surface area contributed by atoms with Crippen molar-refractivity contribution < 1.29 is 4.79 Å². The first-order chi connectivity index (χ1) is 7.97. The number of carbonyl (C=O) groups is 1. The molecule has 0 fully saturated rings. The number of nitriles is 1. The van der Waals surface area contributed by atoms with Gasteiger partial charge in [-0.2, -0.15) is 5.26 Å². The Hall–Kier alpha value is -1.73. The molecule has 0 saturated carbocycles. The highest BCUT2D eigenvalue weighted by Crippen LogP contribution is 2.27. The fraction of sp³-hybridized carbons (Fsp3) is 0.333. The zero-order valence-corrected chi connectivity index (χ0v) is 10.5. The number of nitrogens with two attached hydrogens (primary N) is 1. The Morgan fingerprint density at radius 2 is 2.24 bits per heavy atom. The summed E-state index contributed by atoms with van der Waals surface area (Å²) in [7, 11) is 0. The van der Waals surface area contributed by atoms with Crippen LogP contribution in [0.1, 0.15) is 19.4 Å². The zero-order chi connectivity index (χ0) is 13.0. The van der Waals surface area contributed by atoms with Crippen LogP contribution in [0.3, 0.4) is 0 Å². The number of nitrogens with zero attached hydrogens (tertiary/aromatic N) is 2. The van der Waals surface area contributed by atoms with Crippen LogP contribution >= 0.6 is 11.6 Å². The Bertz CT molecular complexity index is 465. The smallest absolute Gasteiger partial charge is 0.236 e. The van der Waals surface area contributed by atoms with Crippen molar-refractivity contribution in [2.45, 2.75) is 19.9 Å². The Balaban J connectivity index is 3.24. The quantitative estimate of drug-likeness (QED) is 0.889. The van der Waals surface area contributed by atoms with Crippen molar-refractivity contribution in [1.29, 1.82) is 5.26 Å². The van der Waals surface area contributed by atoms with E-state index >= 15 is 0 Å². The highest BCUT2D eigenvalue weighted by molar-refractivity contribution is 6.32. The highest BCUT2D eigenvalue weighted by Gasteiger charge is 2.17. The standard InChI is InChI=1S/C12H14ClN3O/c1-8(2)16(7-12(15)17)11-5-3-4-10(13)9(11)6-14/h3-5,8H,7H2,1-2H3,(H2,15,17). The number of carbonyl (C=O) groups excluding carboxylic acids is 1. The summed E-state index contributed by atoms with van der Waals surface area (Å²) in [6, 6.07) is 7.24. The van der Waals surface area contributed by atoms with Crippen LogP contribution in [0.15, 0.2) is 18.2 Å². The van der Waals surface area contributed by atoms with E-state index in [0.29, 0.717) is 16.3 Å². The van der Waals surface area contributed by atoms with Crippen molar-refractivity contribution >= 4 is 23.2 Å². The lowest BCUT2D eigenvalue weighted by atomic mass is 10.1. The van der Waals surface area contributed by atoms with Gasteiger partial charge < -0.3 is 10.6 Å². The van der Waals surface area contributed by atoms with Crippen molar-refractivity contribution in [2.24, 2.45) is 5.73 Å². The molecule has 0 unspecified atom stereocenters. The van der Waals surface area contributed by atoms with Crippen molar-refractivity contribution in [3.05, 3.63) is 28.8 Å². The Kier molecular flexibility index (Phi) is 4.36. The van der Waals surface area contributed by atoms with Gasteiger partial charge in [0, 0.05) is 6.04 Å². The normalized spacial score (nSPS) is 10.1. The second kappa shape index (κ2) is 5.55. The van der Waals surface area contributed by atoms with Gasteiger partial charge in [0.2, 0.25) is 5.91 Å². The monoisotopic (exact) mass is 251 g/mol. The number of primary amides is 1. The average Bonchev–Trinajstić information content (AvgIpc) is 2.25. The molecule has 1 amide bonds. The summed E-state index contributed by atoms with van der Waals surface area (Å²) in [5.41, 5.74) is 6.20. The van der Waals surface area contributed by atoms with E-state index in [1.54, 1.807) is 23.1 Å². The molecule has 2 N–H and O–H groups in total. The van der Waals surface area contributed by atoms with Crippen molar-refractivity contribution in [1.82, 2.24) is 0 Å². The maximum Gasteiger partial charge on any atom is 0.236 e. The largest absolute Gasteiger partial charge is 0.368 e. The molecular weight excluding hydrogens is 238 g/mol. The lowest BCUT2D eigenvalue weighted by molar-refractivity contribution is -0.116. The third-order valence-electron chi connectivity index (χ3n) is 2.36. The molecule has 17 heavy (non-hydrogen) atoms. The van der Waals surface area contributed by atoms with E-state index in [0.717, 1.165) is 0 Å². The van der Waals surface area contributed by atoms with Crippen LogP contribution in [-0.4, -0.2) is 18.5 Å². The molecule has 0 saturated heterocycles. The molecule has 4 nitrogen and oxygen atoms in total. The van der Waals surface area contributed by atoms with Crippen molar-refractivity contribution in [2.75, 3.05) is 11.4 Å². The molecule has 0 aromatic heterocycles. The van der Waals surface area contributed by atoms with Gasteiger partial charge in [-0.25, -0.2) is 0 Å². The highest BCUT2D eigenvalue weighted by atomic mass is 35.5. The van der Waals surface area contributed by atoms with E-state index in [1.807, 2.05) is 19.9 Å². The number of benzene rings is 1. The summed E-state index contributed by atoms with van der Waals surface area (Å²) in [5, 5.41) is 9.46. The topological polar surface area (TPSA) is 70.1 Å². The molecule has 1 aromatic rings. The molecule has 0 heterocycles. The number of rotatable bonds is 4.